The Balaban J connectivity index is 1.98. The Hall–Kier alpha value is -4.13. The van der Waals surface area contributed by atoms with Crippen molar-refractivity contribution in [3.05, 3.63) is 94.3 Å². The van der Waals surface area contributed by atoms with E-state index in [1.54, 1.807) is 38.1 Å². The molecule has 3 aromatic carbocycles. The Morgan fingerprint density at radius 2 is 1.70 bits per heavy atom. The maximum Gasteiger partial charge on any atom is 0.300 e. The standard InChI is InChI=1S/C26H22FNO5/c1-14-12-21(33-3)15(2)11-20(14)24(30)22-23(16-5-4-6-19(29)13-16)28(26(32)25(22)31)18-9-7-17(27)8-10-18/h4-13,23,29-30H,1-3H3/b24-22+. The van der Waals surface area contributed by atoms with Crippen molar-refractivity contribution >= 4 is 23.1 Å². The molecule has 168 valence electrons. The summed E-state index contributed by atoms with van der Waals surface area (Å²) in [6.45, 7) is 3.56. The molecule has 6 nitrogen and oxygen atoms in total. The zero-order valence-electron chi connectivity index (χ0n) is 18.3. The van der Waals surface area contributed by atoms with E-state index in [1.165, 1.54) is 48.4 Å². The van der Waals surface area contributed by atoms with Crippen LogP contribution < -0.4 is 9.64 Å². The maximum absolute atomic E-state index is 13.5. The van der Waals surface area contributed by atoms with E-state index in [9.17, 15) is 24.2 Å². The number of anilines is 1. The average Bonchev–Trinajstić information content (AvgIpc) is 3.06. The quantitative estimate of drug-likeness (QED) is 0.341. The largest absolute Gasteiger partial charge is 0.508 e. The molecule has 1 fully saturated rings. The molecule has 1 heterocycles. The molecule has 3 aromatic rings. The Morgan fingerprint density at radius 1 is 1.00 bits per heavy atom. The van der Waals surface area contributed by atoms with Gasteiger partial charge in [0.25, 0.3) is 11.7 Å². The summed E-state index contributed by atoms with van der Waals surface area (Å²) < 4.78 is 18.9. The first kappa shape index (κ1) is 22.1. The van der Waals surface area contributed by atoms with Crippen molar-refractivity contribution < 1.29 is 28.9 Å². The van der Waals surface area contributed by atoms with Crippen LogP contribution in [0.15, 0.2) is 66.2 Å². The summed E-state index contributed by atoms with van der Waals surface area (Å²) in [6.07, 6.45) is 0. The zero-order chi connectivity index (χ0) is 23.9. The Bertz CT molecular complexity index is 1300. The number of benzene rings is 3. The van der Waals surface area contributed by atoms with Gasteiger partial charge in [0.2, 0.25) is 0 Å². The van der Waals surface area contributed by atoms with Gasteiger partial charge >= 0.3 is 0 Å². The number of Topliss-reactive ketones (excluding diaryl/α,β-unsaturated/α-hetero) is 1. The Kier molecular flexibility index (Phi) is 5.64. The van der Waals surface area contributed by atoms with Gasteiger partial charge in [-0.05, 0) is 79.1 Å². The molecule has 1 atom stereocenters. The molecule has 0 saturated carbocycles. The number of carbonyl (C=O) groups excluding carboxylic acids is 2. The highest BCUT2D eigenvalue weighted by Gasteiger charge is 2.47. The van der Waals surface area contributed by atoms with E-state index in [2.05, 4.69) is 0 Å². The molecule has 1 amide bonds. The maximum atomic E-state index is 13.5. The fourth-order valence-electron chi connectivity index (χ4n) is 4.12. The number of aromatic hydroxyl groups is 1. The van der Waals surface area contributed by atoms with Crippen LogP contribution in [0.25, 0.3) is 5.76 Å². The molecule has 0 spiro atoms. The third-order valence-electron chi connectivity index (χ3n) is 5.73. The number of ketones is 1. The first-order chi connectivity index (χ1) is 15.7. The number of carbonyl (C=O) groups is 2. The average molecular weight is 447 g/mol. The van der Waals surface area contributed by atoms with Gasteiger partial charge in [0.15, 0.2) is 0 Å². The second-order valence-electron chi connectivity index (χ2n) is 7.88. The summed E-state index contributed by atoms with van der Waals surface area (Å²) in [5, 5.41) is 21.4. The van der Waals surface area contributed by atoms with Crippen LogP contribution in [-0.2, 0) is 9.59 Å². The fourth-order valence-corrected chi connectivity index (χ4v) is 4.12. The highest BCUT2D eigenvalue weighted by molar-refractivity contribution is 6.51. The number of methoxy groups -OCH3 is 1. The van der Waals surface area contributed by atoms with Gasteiger partial charge in [0.1, 0.15) is 23.1 Å². The van der Waals surface area contributed by atoms with E-state index < -0.39 is 23.5 Å². The van der Waals surface area contributed by atoms with Crippen molar-refractivity contribution in [2.45, 2.75) is 19.9 Å². The molecule has 1 saturated heterocycles. The molecule has 1 aliphatic rings. The molecule has 7 heteroatoms. The highest BCUT2D eigenvalue weighted by atomic mass is 19.1. The normalized spacial score (nSPS) is 17.5. The van der Waals surface area contributed by atoms with Crippen LogP contribution in [0.2, 0.25) is 0 Å². The summed E-state index contributed by atoms with van der Waals surface area (Å²) in [7, 11) is 1.54. The lowest BCUT2D eigenvalue weighted by atomic mass is 9.93. The van der Waals surface area contributed by atoms with Crippen LogP contribution in [0, 0.1) is 19.7 Å². The third kappa shape index (κ3) is 3.82. The van der Waals surface area contributed by atoms with Gasteiger partial charge in [-0.2, -0.15) is 0 Å². The summed E-state index contributed by atoms with van der Waals surface area (Å²) in [6, 6.07) is 13.7. The second kappa shape index (κ2) is 8.43. The second-order valence-corrected chi connectivity index (χ2v) is 7.88. The molecule has 0 aliphatic carbocycles. The van der Waals surface area contributed by atoms with Gasteiger partial charge in [0.05, 0.1) is 18.7 Å². The predicted octanol–water partition coefficient (Wildman–Crippen LogP) is 4.78. The van der Waals surface area contributed by atoms with Gasteiger partial charge in [0, 0.05) is 11.3 Å². The highest BCUT2D eigenvalue weighted by Crippen LogP contribution is 2.43. The molecule has 1 aliphatic heterocycles. The first-order valence-electron chi connectivity index (χ1n) is 10.2. The van der Waals surface area contributed by atoms with Crippen LogP contribution >= 0.6 is 0 Å². The minimum atomic E-state index is -1.02. The third-order valence-corrected chi connectivity index (χ3v) is 5.73. The molecular formula is C26H22FNO5. The van der Waals surface area contributed by atoms with E-state index in [-0.39, 0.29) is 22.8 Å². The van der Waals surface area contributed by atoms with E-state index >= 15 is 0 Å². The van der Waals surface area contributed by atoms with Crippen LogP contribution in [0.3, 0.4) is 0 Å². The van der Waals surface area contributed by atoms with E-state index in [1.807, 2.05) is 0 Å². The molecular weight excluding hydrogens is 425 g/mol. The van der Waals surface area contributed by atoms with E-state index in [4.69, 9.17) is 4.74 Å². The Labute approximate surface area is 190 Å². The number of phenolic OH excluding ortho intramolecular Hbond substituents is 1. The van der Waals surface area contributed by atoms with Crippen molar-refractivity contribution in [1.82, 2.24) is 0 Å². The minimum Gasteiger partial charge on any atom is -0.508 e. The number of hydrogen-bond donors (Lipinski definition) is 2. The van der Waals surface area contributed by atoms with Crippen molar-refractivity contribution in [3.8, 4) is 11.5 Å². The number of rotatable bonds is 4. The summed E-state index contributed by atoms with van der Waals surface area (Å²) in [5.74, 6) is -2.01. The zero-order valence-corrected chi connectivity index (χ0v) is 18.3. The predicted molar refractivity (Wildman–Crippen MR) is 122 cm³/mol. The molecule has 33 heavy (non-hydrogen) atoms. The monoisotopic (exact) mass is 447 g/mol. The number of aliphatic hydroxyl groups excluding tert-OH is 1. The van der Waals surface area contributed by atoms with Gasteiger partial charge in [-0.3, -0.25) is 14.5 Å². The molecule has 4 rings (SSSR count). The SMILES string of the molecule is COc1cc(C)c(/C(O)=C2\C(=O)C(=O)N(c3ccc(F)cc3)C2c2cccc(O)c2)cc1C. The molecule has 0 bridgehead atoms. The van der Waals surface area contributed by atoms with Crippen LogP contribution in [-0.4, -0.2) is 29.0 Å². The number of hydrogen-bond acceptors (Lipinski definition) is 5. The van der Waals surface area contributed by atoms with Crippen LogP contribution in [0.4, 0.5) is 10.1 Å². The minimum absolute atomic E-state index is 0.0614. The van der Waals surface area contributed by atoms with Gasteiger partial charge in [-0.25, -0.2) is 4.39 Å². The van der Waals surface area contributed by atoms with Crippen LogP contribution in [0.1, 0.15) is 28.3 Å². The number of halogens is 1. The van der Waals surface area contributed by atoms with Gasteiger partial charge in [-0.1, -0.05) is 12.1 Å². The first-order valence-corrected chi connectivity index (χ1v) is 10.2. The lowest BCUT2D eigenvalue weighted by Gasteiger charge is -2.25. The Morgan fingerprint density at radius 3 is 2.33 bits per heavy atom. The number of aryl methyl sites for hydroxylation is 2. The van der Waals surface area contributed by atoms with Crippen LogP contribution in [0.5, 0.6) is 11.5 Å². The van der Waals surface area contributed by atoms with Gasteiger partial charge in [-0.15, -0.1) is 0 Å². The van der Waals surface area contributed by atoms with E-state index in [0.717, 1.165) is 5.56 Å². The summed E-state index contributed by atoms with van der Waals surface area (Å²) >= 11 is 0. The van der Waals surface area contributed by atoms with Crippen molar-refractivity contribution in [1.29, 1.82) is 0 Å². The summed E-state index contributed by atoms with van der Waals surface area (Å²) in [5.41, 5.74) is 2.36. The van der Waals surface area contributed by atoms with Crippen molar-refractivity contribution in [2.75, 3.05) is 12.0 Å². The smallest absolute Gasteiger partial charge is 0.300 e. The van der Waals surface area contributed by atoms with Gasteiger partial charge < -0.3 is 14.9 Å². The lowest BCUT2D eigenvalue weighted by molar-refractivity contribution is -0.132. The fraction of sp³-hybridized carbons (Fsp3) is 0.154. The van der Waals surface area contributed by atoms with E-state index in [0.29, 0.717) is 22.4 Å². The van der Waals surface area contributed by atoms with Crippen molar-refractivity contribution in [2.24, 2.45) is 0 Å². The molecule has 1 unspecified atom stereocenters. The number of nitrogens with zero attached hydrogens (tertiary/aromatic N) is 1. The molecule has 0 radical (unpaired) electrons. The topological polar surface area (TPSA) is 87.1 Å². The molecule has 0 aromatic heterocycles. The number of amides is 1. The number of phenols is 1. The number of aliphatic hydroxyl groups is 1. The van der Waals surface area contributed by atoms with Crippen molar-refractivity contribution in [3.63, 3.8) is 0 Å². The molecule has 2 N–H and O–H groups in total. The summed E-state index contributed by atoms with van der Waals surface area (Å²) in [4.78, 5) is 27.5. The lowest BCUT2D eigenvalue weighted by Crippen LogP contribution is -2.29. The number of ether oxygens (including phenoxy) is 1.